The van der Waals surface area contributed by atoms with Gasteiger partial charge in [0.15, 0.2) is 0 Å². The van der Waals surface area contributed by atoms with Crippen molar-refractivity contribution >= 4 is 22.8 Å². The first-order chi connectivity index (χ1) is 12.6. The van der Waals surface area contributed by atoms with Gasteiger partial charge in [0.25, 0.3) is 5.91 Å². The molecule has 3 aromatic rings. The third-order valence-electron chi connectivity index (χ3n) is 4.55. The van der Waals surface area contributed by atoms with Crippen molar-refractivity contribution in [2.24, 2.45) is 5.92 Å². The van der Waals surface area contributed by atoms with Gasteiger partial charge < -0.3 is 10.3 Å². The second kappa shape index (κ2) is 6.59. The number of carbonyl (C=O) groups is 1. The van der Waals surface area contributed by atoms with E-state index in [4.69, 9.17) is 10.8 Å². The zero-order valence-electron chi connectivity index (χ0n) is 14.2. The highest BCUT2D eigenvalue weighted by molar-refractivity contribution is 5.95. The monoisotopic (exact) mass is 348 g/mol. The molecule has 0 saturated heterocycles. The number of nitrogens with zero attached hydrogens (tertiary/aromatic N) is 2. The number of hydrogen-bond acceptors (Lipinski definition) is 4. The van der Waals surface area contributed by atoms with E-state index in [0.29, 0.717) is 18.8 Å². The molecule has 1 aliphatic rings. The zero-order chi connectivity index (χ0) is 18.1. The number of imidazole rings is 1. The number of aromatic nitrogens is 3. The number of rotatable bonds is 5. The van der Waals surface area contributed by atoms with Crippen LogP contribution in [-0.2, 0) is 6.42 Å². The van der Waals surface area contributed by atoms with Crippen molar-refractivity contribution in [3.8, 4) is 0 Å². The molecule has 1 aromatic carbocycles. The van der Waals surface area contributed by atoms with E-state index in [0.717, 1.165) is 29.7 Å². The summed E-state index contributed by atoms with van der Waals surface area (Å²) in [5.74, 6) is 1.13. The van der Waals surface area contributed by atoms with Crippen molar-refractivity contribution in [1.82, 2.24) is 19.9 Å². The molecule has 0 spiro atoms. The van der Waals surface area contributed by atoms with E-state index in [9.17, 15) is 4.79 Å². The molecule has 1 aliphatic carbocycles. The maximum Gasteiger partial charge on any atom is 0.255 e. The molecule has 1 fully saturated rings. The molecule has 0 atom stereocenters. The molecule has 0 bridgehead atoms. The predicted octanol–water partition coefficient (Wildman–Crippen LogP) is 2.05. The minimum Gasteiger partial charge on any atom is -0.351 e. The lowest BCUT2D eigenvalue weighted by Gasteiger charge is -2.10. The predicted molar refractivity (Wildman–Crippen MR) is 98.3 cm³/mol. The maximum absolute atomic E-state index is 12.4. The average Bonchev–Trinajstić information content (AvgIpc) is 3.41. The lowest BCUT2D eigenvalue weighted by atomic mass is 10.2. The molecule has 7 nitrogen and oxygen atoms in total. The first kappa shape index (κ1) is 16.3. The second-order valence-electron chi connectivity index (χ2n) is 6.51. The Kier molecular flexibility index (Phi) is 4.12. The minimum absolute atomic E-state index is 0.0608. The molecule has 2 heterocycles. The Bertz CT molecular complexity index is 1010. The fourth-order valence-corrected chi connectivity index (χ4v) is 2.96. The molecule has 4 N–H and O–H groups in total. The summed E-state index contributed by atoms with van der Waals surface area (Å²) in [5, 5.41) is 19.2. The smallest absolute Gasteiger partial charge is 0.255 e. The summed E-state index contributed by atoms with van der Waals surface area (Å²) in [4.78, 5) is 20.2. The average molecular weight is 348 g/mol. The van der Waals surface area contributed by atoms with Gasteiger partial charge >= 0.3 is 0 Å². The number of fused-ring (bicyclic) bond motifs is 1. The molecule has 0 unspecified atom stereocenters. The van der Waals surface area contributed by atoms with E-state index in [1.807, 2.05) is 24.3 Å². The van der Waals surface area contributed by atoms with Crippen LogP contribution in [0.25, 0.3) is 11.0 Å². The van der Waals surface area contributed by atoms with Gasteiger partial charge in [0.2, 0.25) is 0 Å². The number of para-hydroxylation sites is 2. The largest absolute Gasteiger partial charge is 0.351 e. The Hall–Kier alpha value is -3.22. The number of nitrogens with one attached hydrogen (secondary N) is 4. The van der Waals surface area contributed by atoms with Crippen LogP contribution in [0.4, 0.5) is 0 Å². The number of benzene rings is 1. The van der Waals surface area contributed by atoms with E-state index in [2.05, 4.69) is 15.3 Å². The van der Waals surface area contributed by atoms with Gasteiger partial charge in [-0.3, -0.25) is 20.2 Å². The summed E-state index contributed by atoms with van der Waals surface area (Å²) in [7, 11) is 0. The van der Waals surface area contributed by atoms with Crippen LogP contribution >= 0.6 is 0 Å². The van der Waals surface area contributed by atoms with E-state index >= 15 is 0 Å². The molecule has 26 heavy (non-hydrogen) atoms. The lowest BCUT2D eigenvalue weighted by molar-refractivity contribution is 0.0952. The van der Waals surface area contributed by atoms with Gasteiger partial charge in [-0.2, -0.15) is 0 Å². The van der Waals surface area contributed by atoms with Crippen LogP contribution in [0.15, 0.2) is 42.6 Å². The van der Waals surface area contributed by atoms with Gasteiger partial charge in [-0.1, -0.05) is 12.1 Å². The number of pyridine rings is 1. The van der Waals surface area contributed by atoms with Crippen molar-refractivity contribution in [2.75, 3.05) is 6.54 Å². The molecule has 1 saturated carbocycles. The first-order valence-corrected chi connectivity index (χ1v) is 8.70. The third kappa shape index (κ3) is 3.15. The molecular formula is C19H20N6O. The van der Waals surface area contributed by atoms with Crippen LogP contribution in [0, 0.1) is 16.7 Å². The van der Waals surface area contributed by atoms with Gasteiger partial charge in [0.1, 0.15) is 17.1 Å². The number of amides is 1. The summed E-state index contributed by atoms with van der Waals surface area (Å²) in [6.07, 6.45) is 4.23. The van der Waals surface area contributed by atoms with Crippen molar-refractivity contribution in [2.45, 2.75) is 19.3 Å². The molecule has 0 aliphatic heterocycles. The number of aromatic amines is 1. The third-order valence-corrected chi connectivity index (χ3v) is 4.55. The van der Waals surface area contributed by atoms with Crippen LogP contribution < -0.4 is 10.8 Å². The van der Waals surface area contributed by atoms with Crippen LogP contribution in [-0.4, -0.2) is 32.8 Å². The first-order valence-electron chi connectivity index (χ1n) is 8.70. The molecule has 4 rings (SSSR count). The fourth-order valence-electron chi connectivity index (χ4n) is 2.96. The SMILES string of the molecule is N=C(C1CC1)n1cccc(C(=O)NCCc2nc3ccccc3[nH]2)c1=N. The fraction of sp³-hybridized carbons (Fsp3) is 0.263. The van der Waals surface area contributed by atoms with E-state index < -0.39 is 0 Å². The summed E-state index contributed by atoms with van der Waals surface area (Å²) in [5.41, 5.74) is 2.23. The van der Waals surface area contributed by atoms with Gasteiger partial charge in [0.05, 0.1) is 16.6 Å². The Morgan fingerprint density at radius 2 is 2.08 bits per heavy atom. The van der Waals surface area contributed by atoms with Gasteiger partial charge in [-0.15, -0.1) is 0 Å². The quantitative estimate of drug-likeness (QED) is 0.418. The highest BCUT2D eigenvalue weighted by atomic mass is 16.1. The van der Waals surface area contributed by atoms with Crippen LogP contribution in [0.1, 0.15) is 29.0 Å². The van der Waals surface area contributed by atoms with E-state index in [1.54, 1.807) is 18.3 Å². The summed E-state index contributed by atoms with van der Waals surface area (Å²) in [6.45, 7) is 0.424. The Labute approximate surface area is 150 Å². The number of H-pyrrole nitrogens is 1. The van der Waals surface area contributed by atoms with Crippen molar-refractivity contribution in [3.63, 3.8) is 0 Å². The molecule has 132 valence electrons. The molecule has 2 aromatic heterocycles. The molecule has 0 radical (unpaired) electrons. The standard InChI is InChI=1S/C19H20N6O/c20-17(12-7-8-12)25-11-3-4-13(18(25)21)19(26)22-10-9-16-23-14-5-1-2-6-15(14)24-16/h1-6,11-12,20-21H,7-10H2,(H,22,26)(H,23,24). The van der Waals surface area contributed by atoms with Gasteiger partial charge in [0, 0.05) is 25.1 Å². The van der Waals surface area contributed by atoms with E-state index in [-0.39, 0.29) is 22.9 Å². The highest BCUT2D eigenvalue weighted by Crippen LogP contribution is 2.30. The summed E-state index contributed by atoms with van der Waals surface area (Å²) < 4.78 is 1.49. The topological polar surface area (TPSA) is 110 Å². The normalized spacial score (nSPS) is 13.7. The highest BCUT2D eigenvalue weighted by Gasteiger charge is 2.28. The van der Waals surface area contributed by atoms with E-state index in [1.165, 1.54) is 4.57 Å². The Balaban J connectivity index is 1.42. The van der Waals surface area contributed by atoms with Gasteiger partial charge in [-0.25, -0.2) is 4.98 Å². The maximum atomic E-state index is 12.4. The Morgan fingerprint density at radius 3 is 2.85 bits per heavy atom. The lowest BCUT2D eigenvalue weighted by Crippen LogP contribution is -2.36. The molecule has 1 amide bonds. The van der Waals surface area contributed by atoms with Crippen LogP contribution in [0.3, 0.4) is 0 Å². The van der Waals surface area contributed by atoms with Crippen molar-refractivity contribution in [1.29, 1.82) is 10.8 Å². The summed E-state index contributed by atoms with van der Waals surface area (Å²) >= 11 is 0. The van der Waals surface area contributed by atoms with Crippen LogP contribution in [0.2, 0.25) is 0 Å². The van der Waals surface area contributed by atoms with Crippen molar-refractivity contribution in [3.05, 3.63) is 59.5 Å². The Morgan fingerprint density at radius 1 is 1.27 bits per heavy atom. The summed E-state index contributed by atoms with van der Waals surface area (Å²) in [6, 6.07) is 11.1. The number of carbonyl (C=O) groups excluding carboxylic acids is 1. The second-order valence-corrected chi connectivity index (χ2v) is 6.51. The van der Waals surface area contributed by atoms with Crippen molar-refractivity contribution < 1.29 is 4.79 Å². The molecule has 7 heteroatoms. The zero-order valence-corrected chi connectivity index (χ0v) is 14.2. The minimum atomic E-state index is -0.302. The molecular weight excluding hydrogens is 328 g/mol. The van der Waals surface area contributed by atoms with Crippen LogP contribution in [0.5, 0.6) is 0 Å². The van der Waals surface area contributed by atoms with Gasteiger partial charge in [-0.05, 0) is 37.1 Å². The number of hydrogen-bond donors (Lipinski definition) is 4.